The molecule has 0 bridgehead atoms. The van der Waals surface area contributed by atoms with Gasteiger partial charge >= 0.3 is 0 Å². The minimum absolute atomic E-state index is 0.317. The highest BCUT2D eigenvalue weighted by Gasteiger charge is 2.26. The molecule has 0 saturated heterocycles. The van der Waals surface area contributed by atoms with Gasteiger partial charge in [0, 0.05) is 10.9 Å². The number of nitrogens with two attached hydrogens (primary N) is 1. The topological polar surface area (TPSA) is 26.0 Å². The standard InChI is InChI=1S/C10H15NS/c1-7-5-9(12-6-7)10(11)8-3-2-4-8/h5-6,8,10H,2-4,11H2,1H3. The van der Waals surface area contributed by atoms with Gasteiger partial charge < -0.3 is 5.73 Å². The Bertz CT molecular complexity index is 263. The third-order valence-electron chi connectivity index (χ3n) is 2.74. The predicted molar refractivity (Wildman–Crippen MR) is 53.3 cm³/mol. The summed E-state index contributed by atoms with van der Waals surface area (Å²) in [5.41, 5.74) is 7.48. The van der Waals surface area contributed by atoms with Crippen LogP contribution in [-0.2, 0) is 0 Å². The van der Waals surface area contributed by atoms with Crippen LogP contribution in [0.4, 0.5) is 0 Å². The van der Waals surface area contributed by atoms with Gasteiger partial charge in [-0.05, 0) is 42.7 Å². The van der Waals surface area contributed by atoms with Gasteiger partial charge in [0.2, 0.25) is 0 Å². The first-order chi connectivity index (χ1) is 5.77. The summed E-state index contributed by atoms with van der Waals surface area (Å²) in [5.74, 6) is 0.767. The van der Waals surface area contributed by atoms with Crippen molar-refractivity contribution in [3.63, 3.8) is 0 Å². The number of aryl methyl sites for hydroxylation is 1. The molecule has 1 aliphatic rings. The second-order valence-corrected chi connectivity index (χ2v) is 4.69. The molecule has 1 nitrogen and oxygen atoms in total. The first kappa shape index (κ1) is 8.27. The van der Waals surface area contributed by atoms with Crippen LogP contribution in [0.3, 0.4) is 0 Å². The Labute approximate surface area is 77.6 Å². The number of hydrogen-bond acceptors (Lipinski definition) is 2. The molecule has 1 aromatic heterocycles. The van der Waals surface area contributed by atoms with Crippen LogP contribution < -0.4 is 5.73 Å². The fourth-order valence-electron chi connectivity index (χ4n) is 1.66. The summed E-state index contributed by atoms with van der Waals surface area (Å²) in [6.45, 7) is 2.13. The molecule has 1 fully saturated rings. The van der Waals surface area contributed by atoms with Crippen molar-refractivity contribution in [3.8, 4) is 0 Å². The van der Waals surface area contributed by atoms with Crippen molar-refractivity contribution >= 4 is 11.3 Å². The Morgan fingerprint density at radius 2 is 2.33 bits per heavy atom. The van der Waals surface area contributed by atoms with Crippen molar-refractivity contribution in [1.29, 1.82) is 0 Å². The molecule has 1 atom stereocenters. The van der Waals surface area contributed by atoms with E-state index in [9.17, 15) is 0 Å². The summed E-state index contributed by atoms with van der Waals surface area (Å²) in [6, 6.07) is 2.55. The van der Waals surface area contributed by atoms with Crippen LogP contribution in [0.15, 0.2) is 11.4 Å². The first-order valence-corrected chi connectivity index (χ1v) is 5.46. The van der Waals surface area contributed by atoms with Crippen molar-refractivity contribution in [2.45, 2.75) is 32.2 Å². The van der Waals surface area contributed by atoms with E-state index in [4.69, 9.17) is 5.73 Å². The van der Waals surface area contributed by atoms with Crippen LogP contribution >= 0.6 is 11.3 Å². The summed E-state index contributed by atoms with van der Waals surface area (Å²) in [7, 11) is 0. The van der Waals surface area contributed by atoms with Gasteiger partial charge in [0.15, 0.2) is 0 Å². The monoisotopic (exact) mass is 181 g/mol. The Morgan fingerprint density at radius 3 is 2.75 bits per heavy atom. The Morgan fingerprint density at radius 1 is 1.58 bits per heavy atom. The van der Waals surface area contributed by atoms with Crippen molar-refractivity contribution in [2.24, 2.45) is 11.7 Å². The molecule has 0 amide bonds. The lowest BCUT2D eigenvalue weighted by atomic mass is 9.79. The van der Waals surface area contributed by atoms with Crippen LogP contribution in [0.2, 0.25) is 0 Å². The molecule has 1 aliphatic carbocycles. The average Bonchev–Trinajstić information content (AvgIpc) is 2.31. The summed E-state index contributed by atoms with van der Waals surface area (Å²) in [6.07, 6.45) is 4.04. The molecular weight excluding hydrogens is 166 g/mol. The fourth-order valence-corrected chi connectivity index (χ4v) is 2.65. The van der Waals surface area contributed by atoms with Gasteiger partial charge in [0.05, 0.1) is 0 Å². The molecule has 2 rings (SSSR count). The Kier molecular flexibility index (Phi) is 2.20. The van der Waals surface area contributed by atoms with E-state index in [0.717, 1.165) is 5.92 Å². The zero-order valence-corrected chi connectivity index (χ0v) is 8.23. The fraction of sp³-hybridized carbons (Fsp3) is 0.600. The molecule has 1 aromatic rings. The van der Waals surface area contributed by atoms with Gasteiger partial charge in [0.25, 0.3) is 0 Å². The van der Waals surface area contributed by atoms with E-state index in [2.05, 4.69) is 18.4 Å². The van der Waals surface area contributed by atoms with E-state index < -0.39 is 0 Å². The smallest absolute Gasteiger partial charge is 0.0418 e. The van der Waals surface area contributed by atoms with Gasteiger partial charge in [0.1, 0.15) is 0 Å². The van der Waals surface area contributed by atoms with Crippen LogP contribution in [0.5, 0.6) is 0 Å². The quantitative estimate of drug-likeness (QED) is 0.746. The molecule has 0 spiro atoms. The lowest BCUT2D eigenvalue weighted by Gasteiger charge is -2.30. The zero-order chi connectivity index (χ0) is 8.55. The van der Waals surface area contributed by atoms with Gasteiger partial charge in [-0.3, -0.25) is 0 Å². The zero-order valence-electron chi connectivity index (χ0n) is 7.42. The van der Waals surface area contributed by atoms with Gasteiger partial charge in [-0.1, -0.05) is 6.42 Å². The van der Waals surface area contributed by atoms with Crippen molar-refractivity contribution in [2.75, 3.05) is 0 Å². The highest BCUT2D eigenvalue weighted by atomic mass is 32.1. The van der Waals surface area contributed by atoms with Gasteiger partial charge in [-0.25, -0.2) is 0 Å². The summed E-state index contributed by atoms with van der Waals surface area (Å²) >= 11 is 1.81. The van der Waals surface area contributed by atoms with E-state index in [1.807, 2.05) is 11.3 Å². The van der Waals surface area contributed by atoms with Gasteiger partial charge in [-0.15, -0.1) is 11.3 Å². The first-order valence-electron chi connectivity index (χ1n) is 4.58. The Balaban J connectivity index is 2.08. The maximum absolute atomic E-state index is 6.12. The molecular formula is C10H15NS. The van der Waals surface area contributed by atoms with Crippen LogP contribution in [0, 0.1) is 12.8 Å². The minimum Gasteiger partial charge on any atom is -0.323 e. The summed E-state index contributed by atoms with van der Waals surface area (Å²) in [5, 5.41) is 2.19. The summed E-state index contributed by atoms with van der Waals surface area (Å²) in [4.78, 5) is 1.37. The van der Waals surface area contributed by atoms with E-state index in [0.29, 0.717) is 6.04 Å². The predicted octanol–water partition coefficient (Wildman–Crippen LogP) is 2.86. The SMILES string of the molecule is Cc1csc(C(N)C2CCC2)c1. The molecule has 1 saturated carbocycles. The van der Waals surface area contributed by atoms with Crippen molar-refractivity contribution < 1.29 is 0 Å². The van der Waals surface area contributed by atoms with E-state index in [1.165, 1.54) is 29.7 Å². The molecule has 12 heavy (non-hydrogen) atoms. The molecule has 2 heteroatoms. The maximum atomic E-state index is 6.12. The average molecular weight is 181 g/mol. The third kappa shape index (κ3) is 1.41. The Hall–Kier alpha value is -0.340. The molecule has 0 aliphatic heterocycles. The molecule has 1 heterocycles. The number of thiophene rings is 1. The molecule has 0 radical (unpaired) electrons. The van der Waals surface area contributed by atoms with Crippen molar-refractivity contribution in [1.82, 2.24) is 0 Å². The van der Waals surface area contributed by atoms with Crippen LogP contribution in [-0.4, -0.2) is 0 Å². The van der Waals surface area contributed by atoms with Gasteiger partial charge in [-0.2, -0.15) is 0 Å². The molecule has 2 N–H and O–H groups in total. The normalized spacial score (nSPS) is 20.5. The molecule has 0 aromatic carbocycles. The number of hydrogen-bond donors (Lipinski definition) is 1. The van der Waals surface area contributed by atoms with E-state index in [1.54, 1.807) is 0 Å². The highest BCUT2D eigenvalue weighted by molar-refractivity contribution is 7.10. The van der Waals surface area contributed by atoms with E-state index >= 15 is 0 Å². The van der Waals surface area contributed by atoms with Crippen LogP contribution in [0.25, 0.3) is 0 Å². The number of rotatable bonds is 2. The maximum Gasteiger partial charge on any atom is 0.0418 e. The lowest BCUT2D eigenvalue weighted by Crippen LogP contribution is -2.25. The highest BCUT2D eigenvalue weighted by Crippen LogP contribution is 2.37. The van der Waals surface area contributed by atoms with Crippen LogP contribution in [0.1, 0.15) is 35.7 Å². The third-order valence-corrected chi connectivity index (χ3v) is 3.89. The minimum atomic E-state index is 0.317. The second kappa shape index (κ2) is 3.19. The molecule has 66 valence electrons. The summed E-state index contributed by atoms with van der Waals surface area (Å²) < 4.78 is 0. The van der Waals surface area contributed by atoms with Crippen molar-refractivity contribution in [3.05, 3.63) is 21.9 Å². The largest absolute Gasteiger partial charge is 0.323 e. The second-order valence-electron chi connectivity index (χ2n) is 3.74. The lowest BCUT2D eigenvalue weighted by molar-refractivity contribution is 0.267. The van der Waals surface area contributed by atoms with E-state index in [-0.39, 0.29) is 0 Å². The molecule has 1 unspecified atom stereocenters.